The number of hydrogen-bond donors (Lipinski definition) is 2. The molecule has 15 heavy (non-hydrogen) atoms. The third-order valence-corrected chi connectivity index (χ3v) is 4.99. The molecule has 0 aliphatic carbocycles. The zero-order valence-corrected chi connectivity index (χ0v) is 11.3. The van der Waals surface area contributed by atoms with Gasteiger partial charge in [0, 0.05) is 15.9 Å². The van der Waals surface area contributed by atoms with Crippen molar-refractivity contribution >= 4 is 27.3 Å². The lowest BCUT2D eigenvalue weighted by Crippen LogP contribution is -2.47. The average Bonchev–Trinajstić information content (AvgIpc) is 2.49. The van der Waals surface area contributed by atoms with Crippen molar-refractivity contribution in [2.24, 2.45) is 11.8 Å². The third kappa shape index (κ3) is 3.03. The Balaban J connectivity index is 1.68. The summed E-state index contributed by atoms with van der Waals surface area (Å²) in [6, 6.07) is 2.11. The van der Waals surface area contributed by atoms with E-state index in [1.54, 1.807) is 0 Å². The molecule has 0 aromatic carbocycles. The normalized spacial score (nSPS) is 18.8. The third-order valence-electron chi connectivity index (χ3n) is 3.06. The van der Waals surface area contributed by atoms with Crippen molar-refractivity contribution in [3.8, 4) is 0 Å². The summed E-state index contributed by atoms with van der Waals surface area (Å²) in [7, 11) is 0. The Morgan fingerprint density at radius 3 is 3.00 bits per heavy atom. The topological polar surface area (TPSA) is 24.1 Å². The summed E-state index contributed by atoms with van der Waals surface area (Å²) in [4.78, 5) is 1.40. The van der Waals surface area contributed by atoms with Crippen LogP contribution in [0.1, 0.15) is 11.8 Å². The summed E-state index contributed by atoms with van der Waals surface area (Å²) in [5, 5.41) is 8.98. The van der Waals surface area contributed by atoms with Crippen LogP contribution in [0.3, 0.4) is 0 Å². The van der Waals surface area contributed by atoms with E-state index < -0.39 is 0 Å². The van der Waals surface area contributed by atoms with Crippen LogP contribution in [0.5, 0.6) is 0 Å². The lowest BCUT2D eigenvalue weighted by molar-refractivity contribution is 0.242. The molecule has 1 aromatic rings. The van der Waals surface area contributed by atoms with Crippen molar-refractivity contribution in [3.63, 3.8) is 0 Å². The minimum atomic E-state index is 0.782. The molecule has 1 aliphatic rings. The predicted octanol–water partition coefficient (Wildman–Crippen LogP) is 2.46. The van der Waals surface area contributed by atoms with Gasteiger partial charge < -0.3 is 10.6 Å². The zero-order valence-electron chi connectivity index (χ0n) is 8.92. The van der Waals surface area contributed by atoms with E-state index in [2.05, 4.69) is 44.9 Å². The van der Waals surface area contributed by atoms with Crippen LogP contribution in [0.4, 0.5) is 0 Å². The van der Waals surface area contributed by atoms with E-state index in [-0.39, 0.29) is 0 Å². The molecule has 1 saturated heterocycles. The molecule has 2 rings (SSSR count). The zero-order chi connectivity index (χ0) is 10.7. The second-order valence-electron chi connectivity index (χ2n) is 4.22. The lowest BCUT2D eigenvalue weighted by Gasteiger charge is -2.32. The molecular weight excluding hydrogens is 272 g/mol. The maximum atomic E-state index is 3.55. The van der Waals surface area contributed by atoms with E-state index in [4.69, 9.17) is 0 Å². The second kappa shape index (κ2) is 5.43. The number of thiophene rings is 1. The molecule has 1 atom stereocenters. The van der Waals surface area contributed by atoms with Crippen LogP contribution in [0.25, 0.3) is 0 Å². The van der Waals surface area contributed by atoms with Gasteiger partial charge in [-0.05, 0) is 58.8 Å². The van der Waals surface area contributed by atoms with Crippen molar-refractivity contribution in [2.75, 3.05) is 19.6 Å². The Morgan fingerprint density at radius 1 is 1.67 bits per heavy atom. The van der Waals surface area contributed by atoms with Crippen molar-refractivity contribution in [2.45, 2.75) is 13.5 Å². The van der Waals surface area contributed by atoms with Crippen LogP contribution >= 0.6 is 27.3 Å². The van der Waals surface area contributed by atoms with Crippen LogP contribution in [-0.2, 0) is 6.54 Å². The van der Waals surface area contributed by atoms with Gasteiger partial charge >= 0.3 is 0 Å². The average molecular weight is 289 g/mol. The highest BCUT2D eigenvalue weighted by Gasteiger charge is 2.22. The lowest BCUT2D eigenvalue weighted by atomic mass is 9.89. The Hall–Kier alpha value is 0.1000. The molecule has 0 spiro atoms. The number of rotatable bonds is 5. The van der Waals surface area contributed by atoms with E-state index in [1.807, 2.05) is 11.3 Å². The molecule has 2 heterocycles. The van der Waals surface area contributed by atoms with Gasteiger partial charge in [-0.15, -0.1) is 11.3 Å². The van der Waals surface area contributed by atoms with Gasteiger partial charge in [0.1, 0.15) is 0 Å². The molecule has 1 unspecified atom stereocenters. The van der Waals surface area contributed by atoms with Crippen LogP contribution in [-0.4, -0.2) is 19.6 Å². The fraction of sp³-hybridized carbons (Fsp3) is 0.636. The van der Waals surface area contributed by atoms with Gasteiger partial charge in [-0.25, -0.2) is 0 Å². The van der Waals surface area contributed by atoms with E-state index in [9.17, 15) is 0 Å². The molecule has 2 N–H and O–H groups in total. The Bertz CT molecular complexity index is 309. The van der Waals surface area contributed by atoms with Crippen molar-refractivity contribution in [3.05, 3.63) is 20.8 Å². The van der Waals surface area contributed by atoms with Crippen molar-refractivity contribution in [1.29, 1.82) is 0 Å². The second-order valence-corrected chi connectivity index (χ2v) is 6.07. The maximum absolute atomic E-state index is 3.55. The quantitative estimate of drug-likeness (QED) is 0.870. The molecule has 0 saturated carbocycles. The first kappa shape index (κ1) is 11.6. The van der Waals surface area contributed by atoms with Gasteiger partial charge in [0.25, 0.3) is 0 Å². The standard InChI is InChI=1S/C11H17BrN2S/c1-8(9-5-14-6-9)4-13-7-11-10(12)2-3-15-11/h2-3,8-9,13-14H,4-7H2,1H3. The van der Waals surface area contributed by atoms with E-state index in [0.717, 1.165) is 24.9 Å². The number of nitrogens with one attached hydrogen (secondary N) is 2. The number of hydrogen-bond acceptors (Lipinski definition) is 3. The molecule has 0 bridgehead atoms. The van der Waals surface area contributed by atoms with Crippen LogP contribution in [0.2, 0.25) is 0 Å². The molecule has 1 aromatic heterocycles. The molecule has 4 heteroatoms. The molecular formula is C11H17BrN2S. The fourth-order valence-electron chi connectivity index (χ4n) is 1.74. The van der Waals surface area contributed by atoms with Crippen LogP contribution in [0.15, 0.2) is 15.9 Å². The highest BCUT2D eigenvalue weighted by molar-refractivity contribution is 9.10. The molecule has 0 amide bonds. The van der Waals surface area contributed by atoms with Crippen LogP contribution in [0, 0.1) is 11.8 Å². The summed E-state index contributed by atoms with van der Waals surface area (Å²) in [5.74, 6) is 1.66. The maximum Gasteiger partial charge on any atom is 0.0327 e. The van der Waals surface area contributed by atoms with Gasteiger partial charge in [-0.3, -0.25) is 0 Å². The fourth-order valence-corrected chi connectivity index (χ4v) is 3.21. The Morgan fingerprint density at radius 2 is 2.47 bits per heavy atom. The summed E-state index contributed by atoms with van der Waals surface area (Å²) in [5.41, 5.74) is 0. The van der Waals surface area contributed by atoms with Gasteiger partial charge in [-0.2, -0.15) is 0 Å². The monoisotopic (exact) mass is 288 g/mol. The predicted molar refractivity (Wildman–Crippen MR) is 69.2 cm³/mol. The van der Waals surface area contributed by atoms with Gasteiger partial charge in [0.2, 0.25) is 0 Å². The minimum absolute atomic E-state index is 0.782. The first-order valence-electron chi connectivity index (χ1n) is 5.40. The summed E-state index contributed by atoms with van der Waals surface area (Å²) in [6.45, 7) is 6.85. The molecule has 0 radical (unpaired) electrons. The van der Waals surface area contributed by atoms with Crippen molar-refractivity contribution in [1.82, 2.24) is 10.6 Å². The largest absolute Gasteiger partial charge is 0.316 e. The molecule has 1 fully saturated rings. The van der Waals surface area contributed by atoms with Crippen LogP contribution < -0.4 is 10.6 Å². The minimum Gasteiger partial charge on any atom is -0.316 e. The summed E-state index contributed by atoms with van der Waals surface area (Å²) < 4.78 is 1.23. The van der Waals surface area contributed by atoms with E-state index >= 15 is 0 Å². The number of halogens is 1. The highest BCUT2D eigenvalue weighted by atomic mass is 79.9. The highest BCUT2D eigenvalue weighted by Crippen LogP contribution is 2.22. The van der Waals surface area contributed by atoms with Crippen molar-refractivity contribution < 1.29 is 0 Å². The van der Waals surface area contributed by atoms with E-state index in [1.165, 1.54) is 22.4 Å². The van der Waals surface area contributed by atoms with Gasteiger partial charge in [0.05, 0.1) is 0 Å². The Kier molecular flexibility index (Phi) is 4.20. The SMILES string of the molecule is CC(CNCc1sccc1Br)C1CNC1. The summed E-state index contributed by atoms with van der Waals surface area (Å²) >= 11 is 5.36. The molecule has 1 aliphatic heterocycles. The molecule has 84 valence electrons. The first-order valence-corrected chi connectivity index (χ1v) is 7.08. The first-order chi connectivity index (χ1) is 7.27. The molecule has 2 nitrogen and oxygen atoms in total. The van der Waals surface area contributed by atoms with Gasteiger partial charge in [0.15, 0.2) is 0 Å². The smallest absolute Gasteiger partial charge is 0.0327 e. The van der Waals surface area contributed by atoms with Gasteiger partial charge in [-0.1, -0.05) is 6.92 Å². The van der Waals surface area contributed by atoms with E-state index in [0.29, 0.717) is 0 Å². The Labute approximate surface area is 104 Å². The summed E-state index contributed by atoms with van der Waals surface area (Å²) in [6.07, 6.45) is 0.